The summed E-state index contributed by atoms with van der Waals surface area (Å²) in [7, 11) is 0. The van der Waals surface area contributed by atoms with Gasteiger partial charge in [-0.25, -0.2) is 4.79 Å². The van der Waals surface area contributed by atoms with Gasteiger partial charge in [0, 0.05) is 11.5 Å². The highest BCUT2D eigenvalue weighted by Crippen LogP contribution is 2.29. The molecule has 0 spiro atoms. The monoisotopic (exact) mass is 510 g/mol. The van der Waals surface area contributed by atoms with Gasteiger partial charge in [0.15, 0.2) is 6.29 Å². The van der Waals surface area contributed by atoms with Crippen molar-refractivity contribution in [2.24, 2.45) is 11.8 Å². The molecule has 3 rings (SSSR count). The Hall–Kier alpha value is -2.37. The molecular formula is C32H46O5. The van der Waals surface area contributed by atoms with Gasteiger partial charge in [-0.1, -0.05) is 77.8 Å². The predicted molar refractivity (Wildman–Crippen MR) is 148 cm³/mol. The summed E-state index contributed by atoms with van der Waals surface area (Å²) in [6.07, 6.45) is 12.1. The summed E-state index contributed by atoms with van der Waals surface area (Å²) in [5.74, 6) is 2.08. The molecule has 1 aliphatic heterocycles. The Morgan fingerprint density at radius 3 is 2.19 bits per heavy atom. The van der Waals surface area contributed by atoms with Gasteiger partial charge in [-0.2, -0.15) is 0 Å². The van der Waals surface area contributed by atoms with Gasteiger partial charge in [0.1, 0.15) is 11.5 Å². The lowest BCUT2D eigenvalue weighted by Crippen LogP contribution is -2.27. The molecule has 0 aromatic heterocycles. The van der Waals surface area contributed by atoms with Crippen molar-refractivity contribution in [3.05, 3.63) is 59.7 Å². The van der Waals surface area contributed by atoms with Crippen LogP contribution in [0.4, 0.5) is 0 Å². The van der Waals surface area contributed by atoms with Gasteiger partial charge in [-0.3, -0.25) is 0 Å². The van der Waals surface area contributed by atoms with E-state index in [1.165, 1.54) is 57.8 Å². The topological polar surface area (TPSA) is 54.0 Å². The minimum Gasteiger partial charge on any atom is -0.494 e. The lowest BCUT2D eigenvalue weighted by molar-refractivity contribution is -0.206. The zero-order valence-electron chi connectivity index (χ0n) is 23.1. The molecule has 5 heteroatoms. The third kappa shape index (κ3) is 10.5. The zero-order valence-corrected chi connectivity index (χ0v) is 23.1. The highest BCUT2D eigenvalue weighted by molar-refractivity contribution is 5.91. The average Bonchev–Trinajstić information content (AvgIpc) is 2.94. The third-order valence-electron chi connectivity index (χ3n) is 7.19. The summed E-state index contributed by atoms with van der Waals surface area (Å²) in [5, 5.41) is 0. The largest absolute Gasteiger partial charge is 0.494 e. The van der Waals surface area contributed by atoms with E-state index in [1.54, 1.807) is 24.3 Å². The van der Waals surface area contributed by atoms with Crippen LogP contribution >= 0.6 is 0 Å². The standard InChI is InChI=1S/C32H46O5/c1-4-6-7-8-9-10-13-26-23-35-32(36-24-26)28-16-20-30(21-17-28)37-31(33)27-14-18-29(19-15-27)34-22-11-12-25(3)5-2/h14-21,25-26,32H,4-13,22-24H2,1-3H3. The minimum atomic E-state index is -0.390. The maximum atomic E-state index is 12.6. The number of carbonyl (C=O) groups is 1. The Morgan fingerprint density at radius 1 is 0.865 bits per heavy atom. The second kappa shape index (κ2) is 16.5. The van der Waals surface area contributed by atoms with E-state index in [1.807, 2.05) is 24.3 Å². The fraction of sp³-hybridized carbons (Fsp3) is 0.594. The molecule has 1 heterocycles. The maximum Gasteiger partial charge on any atom is 0.343 e. The molecule has 1 atom stereocenters. The molecule has 0 aliphatic carbocycles. The zero-order chi connectivity index (χ0) is 26.3. The van der Waals surface area contributed by atoms with Crippen molar-refractivity contribution in [3.8, 4) is 11.5 Å². The summed E-state index contributed by atoms with van der Waals surface area (Å²) in [5.41, 5.74) is 1.43. The van der Waals surface area contributed by atoms with Crippen LogP contribution in [-0.2, 0) is 9.47 Å². The summed E-state index contributed by atoms with van der Waals surface area (Å²) in [6, 6.07) is 14.5. The number of unbranched alkanes of at least 4 members (excludes halogenated alkanes) is 5. The van der Waals surface area contributed by atoms with E-state index in [2.05, 4.69) is 20.8 Å². The molecule has 2 aromatic rings. The van der Waals surface area contributed by atoms with Gasteiger partial charge in [0.25, 0.3) is 0 Å². The molecule has 0 bridgehead atoms. The molecule has 1 unspecified atom stereocenters. The van der Waals surface area contributed by atoms with Crippen molar-refractivity contribution in [2.75, 3.05) is 19.8 Å². The second-order valence-electron chi connectivity index (χ2n) is 10.4. The van der Waals surface area contributed by atoms with Crippen LogP contribution in [0.25, 0.3) is 0 Å². The molecule has 5 nitrogen and oxygen atoms in total. The first-order valence-electron chi connectivity index (χ1n) is 14.4. The van der Waals surface area contributed by atoms with E-state index >= 15 is 0 Å². The van der Waals surface area contributed by atoms with E-state index in [0.29, 0.717) is 23.8 Å². The van der Waals surface area contributed by atoms with Crippen LogP contribution in [0.3, 0.4) is 0 Å². The Balaban J connectivity index is 1.36. The van der Waals surface area contributed by atoms with Gasteiger partial charge in [-0.15, -0.1) is 0 Å². The van der Waals surface area contributed by atoms with Crippen LogP contribution in [-0.4, -0.2) is 25.8 Å². The molecule has 204 valence electrons. The molecule has 1 aliphatic rings. The van der Waals surface area contributed by atoms with E-state index < -0.39 is 5.97 Å². The first-order chi connectivity index (χ1) is 18.1. The van der Waals surface area contributed by atoms with Crippen LogP contribution < -0.4 is 9.47 Å². The van der Waals surface area contributed by atoms with E-state index in [4.69, 9.17) is 18.9 Å². The number of benzene rings is 2. The SMILES string of the molecule is CCCCCCCCC1COC(c2ccc(OC(=O)c3ccc(OCCCC(C)CC)cc3)cc2)OC1. The minimum absolute atomic E-state index is 0.358. The summed E-state index contributed by atoms with van der Waals surface area (Å²) < 4.78 is 23.3. The molecule has 1 fully saturated rings. The van der Waals surface area contributed by atoms with E-state index in [9.17, 15) is 4.79 Å². The number of ether oxygens (including phenoxy) is 4. The van der Waals surface area contributed by atoms with Crippen LogP contribution in [0.1, 0.15) is 107 Å². The molecule has 1 saturated heterocycles. The maximum absolute atomic E-state index is 12.6. The quantitative estimate of drug-likeness (QED) is 0.129. The lowest BCUT2D eigenvalue weighted by Gasteiger charge is -2.29. The van der Waals surface area contributed by atoms with Crippen molar-refractivity contribution in [1.82, 2.24) is 0 Å². The number of hydrogen-bond acceptors (Lipinski definition) is 5. The van der Waals surface area contributed by atoms with Crippen LogP contribution in [0.2, 0.25) is 0 Å². The van der Waals surface area contributed by atoms with Crippen molar-refractivity contribution >= 4 is 5.97 Å². The molecule has 0 amide bonds. The summed E-state index contributed by atoms with van der Waals surface area (Å²) >= 11 is 0. The Bertz CT molecular complexity index is 884. The molecule has 2 aromatic carbocycles. The van der Waals surface area contributed by atoms with Crippen molar-refractivity contribution in [2.45, 2.75) is 91.3 Å². The highest BCUT2D eigenvalue weighted by atomic mass is 16.7. The fourth-order valence-corrected chi connectivity index (χ4v) is 4.49. The normalized spacial score (nSPS) is 18.4. The summed E-state index contributed by atoms with van der Waals surface area (Å²) in [6.45, 7) is 8.87. The molecule has 0 saturated carbocycles. The second-order valence-corrected chi connectivity index (χ2v) is 10.4. The van der Waals surface area contributed by atoms with Crippen molar-refractivity contribution in [1.29, 1.82) is 0 Å². The highest BCUT2D eigenvalue weighted by Gasteiger charge is 2.23. The Kier molecular flexibility index (Phi) is 13.0. The first kappa shape index (κ1) is 29.2. The van der Waals surface area contributed by atoms with Crippen molar-refractivity contribution < 1.29 is 23.7 Å². The third-order valence-corrected chi connectivity index (χ3v) is 7.19. The number of hydrogen-bond donors (Lipinski definition) is 0. The predicted octanol–water partition coefficient (Wildman–Crippen LogP) is 8.52. The van der Waals surface area contributed by atoms with Gasteiger partial charge in [-0.05, 0) is 61.6 Å². The van der Waals surface area contributed by atoms with Crippen molar-refractivity contribution in [3.63, 3.8) is 0 Å². The Morgan fingerprint density at radius 2 is 1.51 bits per heavy atom. The van der Waals surface area contributed by atoms with Crippen LogP contribution in [0.15, 0.2) is 48.5 Å². The van der Waals surface area contributed by atoms with Gasteiger partial charge < -0.3 is 18.9 Å². The molecule has 37 heavy (non-hydrogen) atoms. The molecule has 0 N–H and O–H groups in total. The molecule has 0 radical (unpaired) electrons. The van der Waals surface area contributed by atoms with Gasteiger partial charge in [0.2, 0.25) is 0 Å². The molecular weight excluding hydrogens is 464 g/mol. The van der Waals surface area contributed by atoms with Crippen LogP contribution in [0, 0.1) is 11.8 Å². The number of rotatable bonds is 16. The number of carbonyl (C=O) groups excluding carboxylic acids is 1. The fourth-order valence-electron chi connectivity index (χ4n) is 4.49. The summed E-state index contributed by atoms with van der Waals surface area (Å²) in [4.78, 5) is 12.6. The van der Waals surface area contributed by atoms with Gasteiger partial charge in [0.05, 0.1) is 25.4 Å². The van der Waals surface area contributed by atoms with E-state index in [-0.39, 0.29) is 6.29 Å². The smallest absolute Gasteiger partial charge is 0.343 e. The van der Waals surface area contributed by atoms with Gasteiger partial charge >= 0.3 is 5.97 Å². The number of esters is 1. The van der Waals surface area contributed by atoms with Crippen LogP contribution in [0.5, 0.6) is 11.5 Å². The average molecular weight is 511 g/mol. The van der Waals surface area contributed by atoms with E-state index in [0.717, 1.165) is 36.9 Å². The first-order valence-corrected chi connectivity index (χ1v) is 14.4. The lowest BCUT2D eigenvalue weighted by atomic mass is 10.0. The Labute approximate surface area is 223 Å².